The normalized spacial score (nSPS) is 14.5. The minimum Gasteiger partial charge on any atom is -0.484 e. The third-order valence-electron chi connectivity index (χ3n) is 4.20. The Kier molecular flexibility index (Phi) is 4.81. The van der Waals surface area contributed by atoms with Crippen molar-refractivity contribution in [2.24, 2.45) is 5.92 Å². The number of aryl methyl sites for hydroxylation is 1. The second-order valence-electron chi connectivity index (χ2n) is 6.22. The van der Waals surface area contributed by atoms with Gasteiger partial charge in [-0.1, -0.05) is 29.8 Å². The molecular formula is C20H20N2O2. The largest absolute Gasteiger partial charge is 0.484 e. The Morgan fingerprint density at radius 1 is 1.21 bits per heavy atom. The molecule has 1 amide bonds. The summed E-state index contributed by atoms with van der Waals surface area (Å²) in [5, 5.41) is 11.9. The molecule has 1 fully saturated rings. The molecule has 0 unspecified atom stereocenters. The van der Waals surface area contributed by atoms with Crippen molar-refractivity contribution in [3.8, 4) is 11.8 Å². The third kappa shape index (κ3) is 4.14. The second-order valence-corrected chi connectivity index (χ2v) is 6.22. The molecule has 1 aliphatic rings. The lowest BCUT2D eigenvalue weighted by Crippen LogP contribution is -2.33. The number of benzene rings is 2. The molecule has 3 rings (SSSR count). The van der Waals surface area contributed by atoms with Gasteiger partial charge in [-0.2, -0.15) is 5.26 Å². The molecule has 0 bridgehead atoms. The minimum absolute atomic E-state index is 0.0268. The number of carbonyl (C=O) groups excluding carboxylic acids is 1. The molecule has 1 aliphatic carbocycles. The fourth-order valence-corrected chi connectivity index (χ4v) is 2.67. The van der Waals surface area contributed by atoms with Gasteiger partial charge in [0.2, 0.25) is 0 Å². The second kappa shape index (κ2) is 7.18. The number of ether oxygens (including phenoxy) is 1. The van der Waals surface area contributed by atoms with Crippen LogP contribution in [0.5, 0.6) is 5.75 Å². The van der Waals surface area contributed by atoms with Crippen LogP contribution in [-0.4, -0.2) is 12.5 Å². The molecule has 1 saturated carbocycles. The van der Waals surface area contributed by atoms with Crippen molar-refractivity contribution in [1.82, 2.24) is 5.32 Å². The van der Waals surface area contributed by atoms with Gasteiger partial charge in [0.1, 0.15) is 5.75 Å². The molecule has 0 radical (unpaired) electrons. The summed E-state index contributed by atoms with van der Waals surface area (Å²) in [7, 11) is 0. The highest BCUT2D eigenvalue weighted by atomic mass is 16.5. The smallest absolute Gasteiger partial charge is 0.258 e. The summed E-state index contributed by atoms with van der Waals surface area (Å²) in [6.45, 7) is 2.03. The molecule has 0 saturated heterocycles. The van der Waals surface area contributed by atoms with Crippen LogP contribution in [0.4, 0.5) is 0 Å². The number of amides is 1. The average molecular weight is 320 g/mol. The molecule has 2 aromatic rings. The van der Waals surface area contributed by atoms with Crippen LogP contribution in [0.15, 0.2) is 48.5 Å². The zero-order chi connectivity index (χ0) is 16.9. The van der Waals surface area contributed by atoms with Gasteiger partial charge in [0.15, 0.2) is 6.61 Å². The molecular weight excluding hydrogens is 300 g/mol. The van der Waals surface area contributed by atoms with E-state index in [0.29, 0.717) is 17.2 Å². The van der Waals surface area contributed by atoms with Crippen LogP contribution in [0.3, 0.4) is 0 Å². The van der Waals surface area contributed by atoms with Gasteiger partial charge < -0.3 is 10.1 Å². The fourth-order valence-electron chi connectivity index (χ4n) is 2.67. The Bertz CT molecular complexity index is 741. The van der Waals surface area contributed by atoms with Crippen molar-refractivity contribution in [2.75, 3.05) is 6.61 Å². The topological polar surface area (TPSA) is 62.1 Å². The van der Waals surface area contributed by atoms with Crippen LogP contribution < -0.4 is 10.1 Å². The predicted octanol–water partition coefficient (Wildman–Crippen LogP) is 3.51. The zero-order valence-corrected chi connectivity index (χ0v) is 13.7. The molecule has 24 heavy (non-hydrogen) atoms. The first-order valence-electron chi connectivity index (χ1n) is 8.14. The summed E-state index contributed by atoms with van der Waals surface area (Å²) < 4.78 is 5.50. The first-order chi connectivity index (χ1) is 11.7. The van der Waals surface area contributed by atoms with Gasteiger partial charge in [0.05, 0.1) is 17.7 Å². The van der Waals surface area contributed by atoms with E-state index in [9.17, 15) is 4.79 Å². The number of nitrogens with zero attached hydrogens (tertiary/aromatic N) is 1. The maximum absolute atomic E-state index is 12.2. The standard InChI is InChI=1S/C20H20N2O2/c1-14-2-6-16(7-3-14)20(17-8-9-17)22-19(23)13-24-18-10-4-15(12-21)5-11-18/h2-7,10-11,17,20H,8-9,13H2,1H3,(H,22,23)/t20-/m0/s1. The van der Waals surface area contributed by atoms with Gasteiger partial charge in [0.25, 0.3) is 5.91 Å². The molecule has 4 nitrogen and oxygen atoms in total. The number of rotatable bonds is 6. The van der Waals surface area contributed by atoms with E-state index in [4.69, 9.17) is 10.00 Å². The van der Waals surface area contributed by atoms with Crippen molar-refractivity contribution in [1.29, 1.82) is 5.26 Å². The van der Waals surface area contributed by atoms with Gasteiger partial charge in [-0.15, -0.1) is 0 Å². The van der Waals surface area contributed by atoms with Crippen molar-refractivity contribution < 1.29 is 9.53 Å². The van der Waals surface area contributed by atoms with E-state index in [2.05, 4.69) is 42.6 Å². The van der Waals surface area contributed by atoms with Crippen LogP contribution in [-0.2, 0) is 4.79 Å². The monoisotopic (exact) mass is 320 g/mol. The quantitative estimate of drug-likeness (QED) is 0.886. The molecule has 0 aromatic heterocycles. The Morgan fingerprint density at radius 3 is 2.46 bits per heavy atom. The minimum atomic E-state index is -0.128. The highest BCUT2D eigenvalue weighted by molar-refractivity contribution is 5.78. The summed E-state index contributed by atoms with van der Waals surface area (Å²) in [5.74, 6) is 0.978. The molecule has 1 N–H and O–H groups in total. The van der Waals surface area contributed by atoms with E-state index in [-0.39, 0.29) is 18.6 Å². The lowest BCUT2D eigenvalue weighted by Gasteiger charge is -2.19. The van der Waals surface area contributed by atoms with E-state index in [1.165, 1.54) is 5.56 Å². The summed E-state index contributed by atoms with van der Waals surface area (Å²) >= 11 is 0. The molecule has 0 spiro atoms. The van der Waals surface area contributed by atoms with Crippen LogP contribution in [0, 0.1) is 24.2 Å². The van der Waals surface area contributed by atoms with Gasteiger partial charge >= 0.3 is 0 Å². The van der Waals surface area contributed by atoms with Gasteiger partial charge in [-0.05, 0) is 55.5 Å². The lowest BCUT2D eigenvalue weighted by molar-refractivity contribution is -0.124. The Hall–Kier alpha value is -2.80. The highest BCUT2D eigenvalue weighted by Gasteiger charge is 2.33. The van der Waals surface area contributed by atoms with E-state index in [1.54, 1.807) is 24.3 Å². The number of hydrogen-bond donors (Lipinski definition) is 1. The van der Waals surface area contributed by atoms with Crippen LogP contribution in [0.2, 0.25) is 0 Å². The zero-order valence-electron chi connectivity index (χ0n) is 13.7. The van der Waals surface area contributed by atoms with Crippen LogP contribution >= 0.6 is 0 Å². The summed E-state index contributed by atoms with van der Waals surface area (Å²) in [6, 6.07) is 17.2. The maximum atomic E-state index is 12.2. The van der Waals surface area contributed by atoms with Crippen LogP contribution in [0.25, 0.3) is 0 Å². The third-order valence-corrected chi connectivity index (χ3v) is 4.20. The summed E-state index contributed by atoms with van der Waals surface area (Å²) in [6.07, 6.45) is 2.30. The average Bonchev–Trinajstić information content (AvgIpc) is 3.44. The van der Waals surface area contributed by atoms with E-state index < -0.39 is 0 Å². The SMILES string of the molecule is Cc1ccc([C@H](NC(=O)COc2ccc(C#N)cc2)C2CC2)cc1. The Labute approximate surface area is 142 Å². The lowest BCUT2D eigenvalue weighted by atomic mass is 10.0. The van der Waals surface area contributed by atoms with Gasteiger partial charge in [-0.3, -0.25) is 4.79 Å². The predicted molar refractivity (Wildman–Crippen MR) is 91.4 cm³/mol. The van der Waals surface area contributed by atoms with E-state index >= 15 is 0 Å². The number of nitrogens with one attached hydrogen (secondary N) is 1. The maximum Gasteiger partial charge on any atom is 0.258 e. The number of hydrogen-bond acceptors (Lipinski definition) is 3. The first kappa shape index (κ1) is 16.1. The highest BCUT2D eigenvalue weighted by Crippen LogP contribution is 2.41. The van der Waals surface area contributed by atoms with Crippen LogP contribution in [0.1, 0.15) is 35.6 Å². The van der Waals surface area contributed by atoms with Crippen molar-refractivity contribution in [3.63, 3.8) is 0 Å². The van der Waals surface area contributed by atoms with Gasteiger partial charge in [-0.25, -0.2) is 0 Å². The Balaban J connectivity index is 1.57. The molecule has 1 atom stereocenters. The summed E-state index contributed by atoms with van der Waals surface area (Å²) in [5.41, 5.74) is 2.93. The Morgan fingerprint density at radius 2 is 1.88 bits per heavy atom. The van der Waals surface area contributed by atoms with Crippen molar-refractivity contribution >= 4 is 5.91 Å². The molecule has 4 heteroatoms. The fraction of sp³-hybridized carbons (Fsp3) is 0.300. The number of carbonyl (C=O) groups is 1. The molecule has 0 aliphatic heterocycles. The van der Waals surface area contributed by atoms with E-state index in [0.717, 1.165) is 18.4 Å². The van der Waals surface area contributed by atoms with E-state index in [1.807, 2.05) is 0 Å². The molecule has 122 valence electrons. The molecule has 0 heterocycles. The summed E-state index contributed by atoms with van der Waals surface area (Å²) in [4.78, 5) is 12.2. The van der Waals surface area contributed by atoms with Crippen molar-refractivity contribution in [2.45, 2.75) is 25.8 Å². The number of nitriles is 1. The molecule has 2 aromatic carbocycles. The van der Waals surface area contributed by atoms with Gasteiger partial charge in [0, 0.05) is 0 Å². The first-order valence-corrected chi connectivity index (χ1v) is 8.14. The van der Waals surface area contributed by atoms with Crippen molar-refractivity contribution in [3.05, 3.63) is 65.2 Å².